The van der Waals surface area contributed by atoms with Crippen LogP contribution in [0, 0.1) is 20.8 Å². The summed E-state index contributed by atoms with van der Waals surface area (Å²) in [5.41, 5.74) is 0.909. The lowest BCUT2D eigenvalue weighted by Gasteiger charge is -2.15. The molecule has 0 amide bonds. The molecule has 0 aliphatic heterocycles. The first kappa shape index (κ1) is 11.4. The Morgan fingerprint density at radius 2 is 1.50 bits per heavy atom. The fourth-order valence-corrected chi connectivity index (χ4v) is 1.55. The Labute approximate surface area is 85.7 Å². The minimum atomic E-state index is -4.33. The molecule has 0 N–H and O–H groups in total. The van der Waals surface area contributed by atoms with Gasteiger partial charge in [-0.2, -0.15) is 13.2 Å². The van der Waals surface area contributed by atoms with E-state index in [0.717, 1.165) is 6.07 Å². The van der Waals surface area contributed by atoms with Gasteiger partial charge in [0.25, 0.3) is 0 Å². The molecule has 0 radical (unpaired) electrons. The molecule has 0 aromatic heterocycles. The fourth-order valence-electron chi connectivity index (χ4n) is 1.30. The quantitative estimate of drug-likeness (QED) is 0.615. The van der Waals surface area contributed by atoms with E-state index >= 15 is 0 Å². The minimum Gasteiger partial charge on any atom is -0.166 e. The van der Waals surface area contributed by atoms with Crippen molar-refractivity contribution in [1.29, 1.82) is 0 Å². The predicted octanol–water partition coefficient (Wildman–Crippen LogP) is 4.28. The highest BCUT2D eigenvalue weighted by Crippen LogP contribution is 2.36. The number of benzene rings is 1. The van der Waals surface area contributed by atoms with Crippen molar-refractivity contribution in [1.82, 2.24) is 0 Å². The summed E-state index contributed by atoms with van der Waals surface area (Å²) in [7, 11) is 0. The van der Waals surface area contributed by atoms with Gasteiger partial charge in [0.1, 0.15) is 0 Å². The highest BCUT2D eigenvalue weighted by Gasteiger charge is 2.33. The second-order valence-corrected chi connectivity index (χ2v) is 3.69. The van der Waals surface area contributed by atoms with Gasteiger partial charge < -0.3 is 0 Å². The van der Waals surface area contributed by atoms with Crippen molar-refractivity contribution < 1.29 is 13.2 Å². The van der Waals surface area contributed by atoms with Crippen LogP contribution < -0.4 is 0 Å². The molecule has 0 nitrogen and oxygen atoms in total. The normalized spacial score (nSPS) is 11.9. The summed E-state index contributed by atoms with van der Waals surface area (Å²) in [6.07, 6.45) is -4.33. The van der Waals surface area contributed by atoms with Crippen LogP contribution in [0.3, 0.4) is 0 Å². The van der Waals surface area contributed by atoms with Gasteiger partial charge in [-0.25, -0.2) is 0 Å². The van der Waals surface area contributed by atoms with Crippen LogP contribution in [0.2, 0.25) is 5.02 Å². The van der Waals surface area contributed by atoms with Crippen LogP contribution in [0.25, 0.3) is 0 Å². The predicted molar refractivity (Wildman–Crippen MR) is 50.7 cm³/mol. The molecule has 14 heavy (non-hydrogen) atoms. The SMILES string of the molecule is Cc1c(Cl)cc(C(F)(F)F)c(C)c1C. The van der Waals surface area contributed by atoms with Crippen LogP contribution >= 0.6 is 11.6 Å². The molecule has 0 fully saturated rings. The zero-order valence-electron chi connectivity index (χ0n) is 8.09. The smallest absolute Gasteiger partial charge is 0.166 e. The van der Waals surface area contributed by atoms with E-state index in [0.29, 0.717) is 11.1 Å². The Kier molecular flexibility index (Phi) is 2.81. The Bertz CT molecular complexity index is 367. The van der Waals surface area contributed by atoms with E-state index in [-0.39, 0.29) is 10.6 Å². The van der Waals surface area contributed by atoms with E-state index in [4.69, 9.17) is 11.6 Å². The molecule has 78 valence electrons. The lowest BCUT2D eigenvalue weighted by Crippen LogP contribution is -2.09. The van der Waals surface area contributed by atoms with Crippen molar-refractivity contribution >= 4 is 11.6 Å². The average Bonchev–Trinajstić information content (AvgIpc) is 2.06. The van der Waals surface area contributed by atoms with Crippen molar-refractivity contribution in [3.05, 3.63) is 33.3 Å². The highest BCUT2D eigenvalue weighted by molar-refractivity contribution is 6.31. The van der Waals surface area contributed by atoms with Gasteiger partial charge in [0.2, 0.25) is 0 Å². The molecule has 1 rings (SSSR count). The Hall–Kier alpha value is -0.700. The van der Waals surface area contributed by atoms with Gasteiger partial charge in [0.05, 0.1) is 5.56 Å². The number of alkyl halides is 3. The second kappa shape index (κ2) is 3.46. The lowest BCUT2D eigenvalue weighted by molar-refractivity contribution is -0.138. The molecule has 0 bridgehead atoms. The maximum atomic E-state index is 12.5. The van der Waals surface area contributed by atoms with E-state index in [9.17, 15) is 13.2 Å². The molecule has 0 saturated carbocycles. The highest BCUT2D eigenvalue weighted by atomic mass is 35.5. The third-order valence-electron chi connectivity index (χ3n) is 2.46. The van der Waals surface area contributed by atoms with Gasteiger partial charge in [0, 0.05) is 5.02 Å². The van der Waals surface area contributed by atoms with Gasteiger partial charge >= 0.3 is 6.18 Å². The van der Waals surface area contributed by atoms with E-state index in [1.807, 2.05) is 0 Å². The lowest BCUT2D eigenvalue weighted by atomic mass is 9.98. The molecule has 1 aromatic carbocycles. The minimum absolute atomic E-state index is 0.167. The van der Waals surface area contributed by atoms with Gasteiger partial charge in [-0.05, 0) is 43.5 Å². The molecule has 0 saturated heterocycles. The number of rotatable bonds is 0. The maximum Gasteiger partial charge on any atom is 0.416 e. The van der Waals surface area contributed by atoms with E-state index < -0.39 is 11.7 Å². The molecular formula is C10H10ClF3. The Balaban J connectivity index is 3.49. The number of hydrogen-bond acceptors (Lipinski definition) is 0. The maximum absolute atomic E-state index is 12.5. The van der Waals surface area contributed by atoms with Crippen LogP contribution in [0.4, 0.5) is 13.2 Å². The van der Waals surface area contributed by atoms with E-state index in [1.54, 1.807) is 13.8 Å². The van der Waals surface area contributed by atoms with E-state index in [2.05, 4.69) is 0 Å². The molecular weight excluding hydrogens is 213 g/mol. The summed E-state index contributed by atoms with van der Waals surface area (Å²) in [4.78, 5) is 0. The molecule has 0 unspecified atom stereocenters. The Morgan fingerprint density at radius 1 is 1.00 bits per heavy atom. The first-order valence-corrected chi connectivity index (χ1v) is 4.46. The molecule has 1 aromatic rings. The van der Waals surface area contributed by atoms with Gasteiger partial charge in [-0.3, -0.25) is 0 Å². The van der Waals surface area contributed by atoms with E-state index in [1.165, 1.54) is 6.92 Å². The van der Waals surface area contributed by atoms with Crippen LogP contribution in [0.5, 0.6) is 0 Å². The van der Waals surface area contributed by atoms with Crippen molar-refractivity contribution in [2.24, 2.45) is 0 Å². The molecule has 0 atom stereocenters. The van der Waals surface area contributed by atoms with Crippen LogP contribution in [-0.2, 0) is 6.18 Å². The monoisotopic (exact) mass is 222 g/mol. The van der Waals surface area contributed by atoms with Gasteiger partial charge in [0.15, 0.2) is 0 Å². The first-order chi connectivity index (χ1) is 6.25. The third kappa shape index (κ3) is 1.87. The van der Waals surface area contributed by atoms with Crippen molar-refractivity contribution in [3.63, 3.8) is 0 Å². The van der Waals surface area contributed by atoms with Crippen LogP contribution in [-0.4, -0.2) is 0 Å². The molecule has 4 heteroatoms. The number of halogens is 4. The van der Waals surface area contributed by atoms with Crippen molar-refractivity contribution in [2.45, 2.75) is 26.9 Å². The standard InChI is InChI=1S/C10H10ClF3/c1-5-6(2)8(10(12,13)14)4-9(11)7(5)3/h4H,1-3H3. The molecule has 0 heterocycles. The van der Waals surface area contributed by atoms with Gasteiger partial charge in [-0.15, -0.1) is 0 Å². The summed E-state index contributed by atoms with van der Waals surface area (Å²) >= 11 is 5.70. The summed E-state index contributed by atoms with van der Waals surface area (Å²) in [5, 5.41) is 0.167. The summed E-state index contributed by atoms with van der Waals surface area (Å²) in [6.45, 7) is 4.82. The average molecular weight is 223 g/mol. The van der Waals surface area contributed by atoms with Crippen molar-refractivity contribution in [3.8, 4) is 0 Å². The molecule has 0 spiro atoms. The Morgan fingerprint density at radius 3 is 1.93 bits per heavy atom. The van der Waals surface area contributed by atoms with Crippen LogP contribution in [0.15, 0.2) is 6.07 Å². The largest absolute Gasteiger partial charge is 0.416 e. The topological polar surface area (TPSA) is 0 Å². The van der Waals surface area contributed by atoms with Gasteiger partial charge in [-0.1, -0.05) is 11.6 Å². The fraction of sp³-hybridized carbons (Fsp3) is 0.400. The van der Waals surface area contributed by atoms with Crippen molar-refractivity contribution in [2.75, 3.05) is 0 Å². The zero-order chi connectivity index (χ0) is 11.1. The molecule has 0 aliphatic rings. The third-order valence-corrected chi connectivity index (χ3v) is 2.86. The van der Waals surface area contributed by atoms with Crippen LogP contribution in [0.1, 0.15) is 22.3 Å². The molecule has 0 aliphatic carbocycles. The summed E-state index contributed by atoms with van der Waals surface area (Å²) in [5.74, 6) is 0. The summed E-state index contributed by atoms with van der Waals surface area (Å²) < 4.78 is 37.4. The summed E-state index contributed by atoms with van der Waals surface area (Å²) in [6, 6.07) is 0.985. The zero-order valence-corrected chi connectivity index (χ0v) is 8.85. The number of hydrogen-bond donors (Lipinski definition) is 0. The second-order valence-electron chi connectivity index (χ2n) is 3.28. The first-order valence-electron chi connectivity index (χ1n) is 4.08.